The van der Waals surface area contributed by atoms with Crippen LogP contribution in [0.15, 0.2) is 48.5 Å². The highest BCUT2D eigenvalue weighted by molar-refractivity contribution is 5.95. The molecule has 0 spiro atoms. The van der Waals surface area contributed by atoms with E-state index in [1.165, 1.54) is 12.7 Å². The normalized spacial score (nSPS) is 11.7. The van der Waals surface area contributed by atoms with E-state index in [0.717, 1.165) is 0 Å². The van der Waals surface area contributed by atoms with Crippen LogP contribution in [0.2, 0.25) is 0 Å². The monoisotopic (exact) mass is 341 g/mol. The zero-order valence-electron chi connectivity index (χ0n) is 14.9. The van der Waals surface area contributed by atoms with Crippen LogP contribution in [0.4, 0.5) is 5.69 Å². The van der Waals surface area contributed by atoms with E-state index >= 15 is 0 Å². The summed E-state index contributed by atoms with van der Waals surface area (Å²) >= 11 is 0. The largest absolute Gasteiger partial charge is 0.481 e. The van der Waals surface area contributed by atoms with Gasteiger partial charge in [0, 0.05) is 5.69 Å². The molecular formula is C20H23NO4. The third-order valence-electron chi connectivity index (χ3n) is 3.80. The van der Waals surface area contributed by atoms with Gasteiger partial charge >= 0.3 is 5.97 Å². The topological polar surface area (TPSA) is 64.6 Å². The molecule has 1 atom stereocenters. The van der Waals surface area contributed by atoms with E-state index in [9.17, 15) is 9.59 Å². The second-order valence-corrected chi connectivity index (χ2v) is 6.04. The lowest BCUT2D eigenvalue weighted by Crippen LogP contribution is -2.30. The highest BCUT2D eigenvalue weighted by atomic mass is 16.5. The SMILES string of the molecule is COC(=O)c1ccc(NC(=O)C(C)Oc2ccc(C(C)C)cc2)cc1. The Morgan fingerprint density at radius 2 is 1.52 bits per heavy atom. The number of ether oxygens (including phenoxy) is 2. The molecule has 0 aromatic heterocycles. The number of carbonyl (C=O) groups excluding carboxylic acids is 2. The Morgan fingerprint density at radius 3 is 2.04 bits per heavy atom. The van der Waals surface area contributed by atoms with Gasteiger partial charge in [-0.2, -0.15) is 0 Å². The van der Waals surface area contributed by atoms with Crippen LogP contribution in [0.5, 0.6) is 5.75 Å². The van der Waals surface area contributed by atoms with Crippen molar-refractivity contribution in [2.75, 3.05) is 12.4 Å². The zero-order chi connectivity index (χ0) is 18.4. The average Bonchev–Trinajstić information content (AvgIpc) is 2.62. The van der Waals surface area contributed by atoms with Crippen molar-refractivity contribution in [3.63, 3.8) is 0 Å². The van der Waals surface area contributed by atoms with E-state index in [1.807, 2.05) is 24.3 Å². The Labute approximate surface area is 148 Å². The molecule has 1 amide bonds. The summed E-state index contributed by atoms with van der Waals surface area (Å²) in [5, 5.41) is 2.76. The van der Waals surface area contributed by atoms with E-state index in [0.29, 0.717) is 22.9 Å². The van der Waals surface area contributed by atoms with Gasteiger partial charge in [-0.25, -0.2) is 4.79 Å². The molecule has 0 saturated heterocycles. The molecule has 5 heteroatoms. The first kappa shape index (κ1) is 18.5. The molecule has 2 rings (SSSR count). The minimum absolute atomic E-state index is 0.265. The van der Waals surface area contributed by atoms with Gasteiger partial charge in [-0.05, 0) is 54.8 Å². The van der Waals surface area contributed by atoms with Crippen LogP contribution in [-0.4, -0.2) is 25.1 Å². The number of hydrogen-bond acceptors (Lipinski definition) is 4. The molecule has 0 aliphatic rings. The zero-order valence-corrected chi connectivity index (χ0v) is 14.9. The first-order valence-corrected chi connectivity index (χ1v) is 8.16. The second-order valence-electron chi connectivity index (χ2n) is 6.04. The number of anilines is 1. The molecule has 0 aliphatic heterocycles. The lowest BCUT2D eigenvalue weighted by Gasteiger charge is -2.15. The Morgan fingerprint density at radius 1 is 0.920 bits per heavy atom. The molecule has 5 nitrogen and oxygen atoms in total. The maximum atomic E-state index is 12.2. The van der Waals surface area contributed by atoms with E-state index in [2.05, 4.69) is 23.9 Å². The van der Waals surface area contributed by atoms with Crippen LogP contribution in [0.1, 0.15) is 42.6 Å². The first-order valence-electron chi connectivity index (χ1n) is 8.16. The third kappa shape index (κ3) is 5.08. The van der Waals surface area contributed by atoms with Crippen molar-refractivity contribution < 1.29 is 19.1 Å². The quantitative estimate of drug-likeness (QED) is 0.807. The van der Waals surface area contributed by atoms with Gasteiger partial charge in [0.05, 0.1) is 12.7 Å². The summed E-state index contributed by atoms with van der Waals surface area (Å²) in [6.07, 6.45) is -0.648. The number of hydrogen-bond donors (Lipinski definition) is 1. The Balaban J connectivity index is 1.94. The lowest BCUT2D eigenvalue weighted by molar-refractivity contribution is -0.122. The van der Waals surface area contributed by atoms with Gasteiger partial charge in [0.2, 0.25) is 0 Å². The summed E-state index contributed by atoms with van der Waals surface area (Å²) in [5.41, 5.74) is 2.23. The van der Waals surface area contributed by atoms with Crippen LogP contribution in [-0.2, 0) is 9.53 Å². The lowest BCUT2D eigenvalue weighted by atomic mass is 10.0. The van der Waals surface area contributed by atoms with E-state index in [-0.39, 0.29) is 5.91 Å². The number of carbonyl (C=O) groups is 2. The predicted molar refractivity (Wildman–Crippen MR) is 97.0 cm³/mol. The number of benzene rings is 2. The fourth-order valence-corrected chi connectivity index (χ4v) is 2.24. The Bertz CT molecular complexity index is 720. The van der Waals surface area contributed by atoms with Gasteiger partial charge in [0.25, 0.3) is 5.91 Å². The van der Waals surface area contributed by atoms with Gasteiger partial charge < -0.3 is 14.8 Å². The van der Waals surface area contributed by atoms with Crippen molar-refractivity contribution in [1.29, 1.82) is 0 Å². The summed E-state index contributed by atoms with van der Waals surface area (Å²) in [6.45, 7) is 5.93. The smallest absolute Gasteiger partial charge is 0.337 e. The molecule has 25 heavy (non-hydrogen) atoms. The first-order chi connectivity index (χ1) is 11.9. The van der Waals surface area contributed by atoms with Gasteiger partial charge in [-0.15, -0.1) is 0 Å². The van der Waals surface area contributed by atoms with Crippen molar-refractivity contribution in [3.8, 4) is 5.75 Å². The number of rotatable bonds is 6. The summed E-state index contributed by atoms with van der Waals surface area (Å²) in [7, 11) is 1.32. The summed E-state index contributed by atoms with van der Waals surface area (Å²) < 4.78 is 10.3. The van der Waals surface area contributed by atoms with Gasteiger partial charge in [-0.3, -0.25) is 4.79 Å². The molecule has 2 aromatic rings. The molecular weight excluding hydrogens is 318 g/mol. The molecule has 1 N–H and O–H groups in total. The minimum atomic E-state index is -0.648. The molecule has 0 heterocycles. The van der Waals surface area contributed by atoms with E-state index in [4.69, 9.17) is 4.74 Å². The van der Waals surface area contributed by atoms with Crippen molar-refractivity contribution in [2.24, 2.45) is 0 Å². The maximum absolute atomic E-state index is 12.2. The number of nitrogens with one attached hydrogen (secondary N) is 1. The molecule has 2 aromatic carbocycles. The fraction of sp³-hybridized carbons (Fsp3) is 0.300. The molecule has 1 unspecified atom stereocenters. The highest BCUT2D eigenvalue weighted by Gasteiger charge is 2.15. The van der Waals surface area contributed by atoms with Crippen LogP contribution >= 0.6 is 0 Å². The van der Waals surface area contributed by atoms with Gasteiger partial charge in [0.1, 0.15) is 5.75 Å². The molecule has 0 bridgehead atoms. The molecule has 0 radical (unpaired) electrons. The Kier molecular flexibility index (Phi) is 6.17. The van der Waals surface area contributed by atoms with Crippen molar-refractivity contribution in [2.45, 2.75) is 32.8 Å². The summed E-state index contributed by atoms with van der Waals surface area (Å²) in [6, 6.07) is 14.2. The predicted octanol–water partition coefficient (Wildman–Crippen LogP) is 4.00. The fourth-order valence-electron chi connectivity index (χ4n) is 2.24. The van der Waals surface area contributed by atoms with E-state index in [1.54, 1.807) is 31.2 Å². The molecule has 0 saturated carbocycles. The van der Waals surface area contributed by atoms with Crippen molar-refractivity contribution >= 4 is 17.6 Å². The van der Waals surface area contributed by atoms with Crippen LogP contribution < -0.4 is 10.1 Å². The molecule has 0 aliphatic carbocycles. The average molecular weight is 341 g/mol. The summed E-state index contributed by atoms with van der Waals surface area (Å²) in [4.78, 5) is 23.6. The van der Waals surface area contributed by atoms with Crippen LogP contribution in [0.3, 0.4) is 0 Å². The molecule has 132 valence electrons. The van der Waals surface area contributed by atoms with Crippen LogP contribution in [0, 0.1) is 0 Å². The Hall–Kier alpha value is -2.82. The third-order valence-corrected chi connectivity index (χ3v) is 3.80. The van der Waals surface area contributed by atoms with Gasteiger partial charge in [-0.1, -0.05) is 26.0 Å². The second kappa shape index (κ2) is 8.33. The van der Waals surface area contributed by atoms with Crippen molar-refractivity contribution in [1.82, 2.24) is 0 Å². The minimum Gasteiger partial charge on any atom is -0.481 e. The summed E-state index contributed by atoms with van der Waals surface area (Å²) in [5.74, 6) is 0.411. The standard InChI is InChI=1S/C20H23NO4/c1-13(2)15-7-11-18(12-8-15)25-14(3)19(22)21-17-9-5-16(6-10-17)20(23)24-4/h5-14H,1-4H3,(H,21,22). The van der Waals surface area contributed by atoms with Crippen molar-refractivity contribution in [3.05, 3.63) is 59.7 Å². The number of esters is 1. The molecule has 0 fully saturated rings. The number of amides is 1. The van der Waals surface area contributed by atoms with Gasteiger partial charge in [0.15, 0.2) is 6.10 Å². The number of methoxy groups -OCH3 is 1. The highest BCUT2D eigenvalue weighted by Crippen LogP contribution is 2.20. The van der Waals surface area contributed by atoms with Crippen LogP contribution in [0.25, 0.3) is 0 Å². The maximum Gasteiger partial charge on any atom is 0.337 e. The van der Waals surface area contributed by atoms with E-state index < -0.39 is 12.1 Å².